The first kappa shape index (κ1) is 32.9. The zero-order valence-corrected chi connectivity index (χ0v) is 26.8. The quantitative estimate of drug-likeness (QED) is 0.107. The molecule has 0 N–H and O–H groups in total. The Bertz CT molecular complexity index is 896. The fraction of sp³-hybridized carbons (Fsp3) is 0.718. The van der Waals surface area contributed by atoms with Gasteiger partial charge in [0, 0.05) is 6.42 Å². The van der Waals surface area contributed by atoms with Gasteiger partial charge in [-0.25, -0.2) is 0 Å². The fourth-order valence-electron chi connectivity index (χ4n) is 8.10. The van der Waals surface area contributed by atoms with Gasteiger partial charge in [0.2, 0.25) is 0 Å². The summed E-state index contributed by atoms with van der Waals surface area (Å²) in [6.45, 7) is 8.92. The van der Waals surface area contributed by atoms with E-state index in [0.29, 0.717) is 11.7 Å². The second kappa shape index (κ2) is 18.7. The summed E-state index contributed by atoms with van der Waals surface area (Å²) in [5.41, 5.74) is 4.13. The summed E-state index contributed by atoms with van der Waals surface area (Å²) in [7, 11) is 0. The number of carbonyl (C=O) groups excluding carboxylic acids is 1. The van der Waals surface area contributed by atoms with Crippen LogP contribution in [0.15, 0.2) is 59.3 Å². The van der Waals surface area contributed by atoms with Crippen LogP contribution in [-0.2, 0) is 4.79 Å². The minimum atomic E-state index is 0.438. The van der Waals surface area contributed by atoms with Crippen LogP contribution in [0.2, 0.25) is 0 Å². The maximum absolute atomic E-state index is 13.1. The van der Waals surface area contributed by atoms with E-state index in [2.05, 4.69) is 70.2 Å². The summed E-state index contributed by atoms with van der Waals surface area (Å²) < 4.78 is 0. The van der Waals surface area contributed by atoms with Crippen molar-refractivity contribution in [2.45, 2.75) is 150 Å². The number of Topliss-reactive ketones (excluding diaryl/α,β-unsaturated/α-hetero) is 1. The lowest BCUT2D eigenvalue weighted by Gasteiger charge is -2.33. The fourth-order valence-corrected chi connectivity index (χ4v) is 8.10. The van der Waals surface area contributed by atoms with Gasteiger partial charge in [0.05, 0.1) is 0 Å². The molecule has 5 atom stereocenters. The van der Waals surface area contributed by atoms with Crippen LogP contribution in [0.4, 0.5) is 0 Å². The van der Waals surface area contributed by atoms with Crippen LogP contribution in [0, 0.1) is 29.6 Å². The molecule has 5 unspecified atom stereocenters. The van der Waals surface area contributed by atoms with Crippen LogP contribution in [0.1, 0.15) is 150 Å². The van der Waals surface area contributed by atoms with Gasteiger partial charge < -0.3 is 0 Å². The maximum atomic E-state index is 13.1. The minimum absolute atomic E-state index is 0.438. The van der Waals surface area contributed by atoms with Crippen molar-refractivity contribution in [1.82, 2.24) is 0 Å². The summed E-state index contributed by atoms with van der Waals surface area (Å²) in [5.74, 6) is 4.58. The molecular weight excluding hydrogens is 484 g/mol. The number of carbonyl (C=O) groups is 1. The molecule has 0 spiro atoms. The van der Waals surface area contributed by atoms with Crippen molar-refractivity contribution in [3.8, 4) is 0 Å². The van der Waals surface area contributed by atoms with Crippen molar-refractivity contribution in [3.05, 3.63) is 59.3 Å². The topological polar surface area (TPSA) is 17.1 Å². The zero-order chi connectivity index (χ0) is 28.6. The van der Waals surface area contributed by atoms with E-state index >= 15 is 0 Å². The van der Waals surface area contributed by atoms with Crippen molar-refractivity contribution < 1.29 is 4.79 Å². The van der Waals surface area contributed by atoms with Crippen molar-refractivity contribution in [2.24, 2.45) is 29.6 Å². The number of allylic oxidation sites excluding steroid dienone is 10. The molecule has 2 saturated carbocycles. The molecule has 0 aliphatic heterocycles. The third-order valence-corrected chi connectivity index (χ3v) is 10.2. The molecular formula is C39H62O. The predicted molar refractivity (Wildman–Crippen MR) is 175 cm³/mol. The number of hydrogen-bond acceptors (Lipinski definition) is 1. The molecule has 0 aromatic carbocycles. The molecule has 3 rings (SSSR count). The lowest BCUT2D eigenvalue weighted by Crippen LogP contribution is -2.20. The molecule has 3 aliphatic carbocycles. The third kappa shape index (κ3) is 11.7. The standard InChI is InChI=1S/C39H62O/c1-5-8-9-10-23-37(36(7-3)16-6-2)29-34-21-14-20-33(27-34)28-35-22-15-24-38(30-35)39(40)25-12-11-18-32-19-13-17-31(4)26-32/h5-8,16,22,30-34,37H,9-15,17-21,23-29H2,1-4H3/b8-5-,16-6-,36-7+. The van der Waals surface area contributed by atoms with Gasteiger partial charge in [-0.15, -0.1) is 0 Å². The van der Waals surface area contributed by atoms with E-state index in [1.54, 1.807) is 5.57 Å². The smallest absolute Gasteiger partial charge is 0.158 e. The van der Waals surface area contributed by atoms with E-state index in [-0.39, 0.29) is 0 Å². The highest BCUT2D eigenvalue weighted by Crippen LogP contribution is 2.40. The number of rotatable bonds is 16. The SMILES string of the molecule is C/C=C\CCCC(CC1CCCC(CC2=CCCC(C(=O)CCCCC3CCCC(C)C3)=C2)C1)C(/C=C\C)=C/C. The molecule has 2 fully saturated rings. The molecule has 40 heavy (non-hydrogen) atoms. The minimum Gasteiger partial charge on any atom is -0.295 e. The van der Waals surface area contributed by atoms with Crippen LogP contribution in [0.3, 0.4) is 0 Å². The maximum Gasteiger partial charge on any atom is 0.158 e. The van der Waals surface area contributed by atoms with E-state index < -0.39 is 0 Å². The number of ketones is 1. The summed E-state index contributed by atoms with van der Waals surface area (Å²) in [4.78, 5) is 13.1. The predicted octanol–water partition coefficient (Wildman–Crippen LogP) is 12.1. The summed E-state index contributed by atoms with van der Waals surface area (Å²) in [6, 6.07) is 0. The molecule has 0 amide bonds. The highest BCUT2D eigenvalue weighted by molar-refractivity contribution is 5.96. The Kier molecular flexibility index (Phi) is 15.4. The first-order valence-electron chi connectivity index (χ1n) is 17.3. The molecule has 0 saturated heterocycles. The van der Waals surface area contributed by atoms with Crippen LogP contribution >= 0.6 is 0 Å². The third-order valence-electron chi connectivity index (χ3n) is 10.2. The van der Waals surface area contributed by atoms with Gasteiger partial charge in [-0.3, -0.25) is 4.79 Å². The van der Waals surface area contributed by atoms with Gasteiger partial charge in [-0.2, -0.15) is 0 Å². The van der Waals surface area contributed by atoms with E-state index in [0.717, 1.165) is 54.9 Å². The Morgan fingerprint density at radius 3 is 2.52 bits per heavy atom. The van der Waals surface area contributed by atoms with Crippen molar-refractivity contribution in [3.63, 3.8) is 0 Å². The molecule has 224 valence electrons. The van der Waals surface area contributed by atoms with Crippen molar-refractivity contribution in [2.75, 3.05) is 0 Å². The molecule has 0 radical (unpaired) electrons. The van der Waals surface area contributed by atoms with Gasteiger partial charge in [0.25, 0.3) is 0 Å². The molecule has 1 heteroatoms. The normalized spacial score (nSPS) is 27.1. The second-order valence-corrected chi connectivity index (χ2v) is 13.6. The van der Waals surface area contributed by atoms with E-state index in [1.165, 1.54) is 102 Å². The summed E-state index contributed by atoms with van der Waals surface area (Å²) in [5, 5.41) is 0. The van der Waals surface area contributed by atoms with Gasteiger partial charge in [0.1, 0.15) is 0 Å². The summed E-state index contributed by atoms with van der Waals surface area (Å²) in [6.07, 6.45) is 40.1. The van der Waals surface area contributed by atoms with Crippen molar-refractivity contribution >= 4 is 5.78 Å². The van der Waals surface area contributed by atoms with Crippen LogP contribution in [0.5, 0.6) is 0 Å². The first-order chi connectivity index (χ1) is 19.5. The van der Waals surface area contributed by atoms with Crippen LogP contribution in [0.25, 0.3) is 0 Å². The Morgan fingerprint density at radius 1 is 0.950 bits per heavy atom. The Balaban J connectivity index is 1.46. The lowest BCUT2D eigenvalue weighted by atomic mass is 9.73. The lowest BCUT2D eigenvalue weighted by molar-refractivity contribution is -0.115. The van der Waals surface area contributed by atoms with Gasteiger partial charge >= 0.3 is 0 Å². The summed E-state index contributed by atoms with van der Waals surface area (Å²) >= 11 is 0. The molecule has 3 aliphatic rings. The number of hydrogen-bond donors (Lipinski definition) is 0. The highest BCUT2D eigenvalue weighted by atomic mass is 16.1. The number of unbranched alkanes of at least 4 members (excludes halogenated alkanes) is 2. The molecule has 0 aromatic rings. The van der Waals surface area contributed by atoms with E-state index in [1.807, 2.05) is 0 Å². The Morgan fingerprint density at radius 2 is 1.75 bits per heavy atom. The largest absolute Gasteiger partial charge is 0.295 e. The van der Waals surface area contributed by atoms with Gasteiger partial charge in [-0.05, 0) is 126 Å². The van der Waals surface area contributed by atoms with Crippen LogP contribution < -0.4 is 0 Å². The Hall–Kier alpha value is -1.63. The average Bonchev–Trinajstić information content (AvgIpc) is 2.96. The van der Waals surface area contributed by atoms with E-state index in [9.17, 15) is 4.79 Å². The zero-order valence-electron chi connectivity index (χ0n) is 26.8. The van der Waals surface area contributed by atoms with Gasteiger partial charge in [-0.1, -0.05) is 106 Å². The van der Waals surface area contributed by atoms with Crippen LogP contribution in [-0.4, -0.2) is 5.78 Å². The second-order valence-electron chi connectivity index (χ2n) is 13.6. The average molecular weight is 547 g/mol. The van der Waals surface area contributed by atoms with Gasteiger partial charge in [0.15, 0.2) is 5.78 Å². The van der Waals surface area contributed by atoms with E-state index in [4.69, 9.17) is 0 Å². The van der Waals surface area contributed by atoms with Crippen molar-refractivity contribution in [1.29, 1.82) is 0 Å². The monoisotopic (exact) mass is 546 g/mol. The Labute approximate surface area is 248 Å². The molecule has 0 bridgehead atoms. The molecule has 0 heterocycles. The first-order valence-corrected chi connectivity index (χ1v) is 17.3. The molecule has 0 aromatic heterocycles. The molecule has 1 nitrogen and oxygen atoms in total. The highest BCUT2D eigenvalue weighted by Gasteiger charge is 2.26.